The van der Waals surface area contributed by atoms with E-state index in [4.69, 9.17) is 14.2 Å². The zero-order valence-corrected chi connectivity index (χ0v) is 14.9. The van der Waals surface area contributed by atoms with Gasteiger partial charge in [-0.05, 0) is 17.7 Å². The molecule has 1 saturated heterocycles. The quantitative estimate of drug-likeness (QED) is 0.755. The van der Waals surface area contributed by atoms with Crippen molar-refractivity contribution in [1.29, 1.82) is 0 Å². The summed E-state index contributed by atoms with van der Waals surface area (Å²) < 4.78 is 15.5. The van der Waals surface area contributed by atoms with Crippen LogP contribution in [-0.4, -0.2) is 64.0 Å². The maximum Gasteiger partial charge on any atom is 0.338 e. The van der Waals surface area contributed by atoms with Crippen molar-refractivity contribution in [2.75, 3.05) is 47.1 Å². The van der Waals surface area contributed by atoms with Crippen LogP contribution in [0.2, 0.25) is 0 Å². The van der Waals surface area contributed by atoms with E-state index >= 15 is 0 Å². The second kappa shape index (κ2) is 8.20. The lowest BCUT2D eigenvalue weighted by Gasteiger charge is -2.33. The first-order valence-corrected chi connectivity index (χ1v) is 8.45. The molecule has 8 heteroatoms. The first kappa shape index (κ1) is 18.2. The number of nitrogens with zero attached hydrogens (tertiary/aromatic N) is 1. The van der Waals surface area contributed by atoms with Crippen LogP contribution in [0.5, 0.6) is 5.75 Å². The van der Waals surface area contributed by atoms with Crippen molar-refractivity contribution in [3.63, 3.8) is 0 Å². The molecule has 140 valence electrons. The molecular weight excluding hydrogens is 338 g/mol. The summed E-state index contributed by atoms with van der Waals surface area (Å²) in [5, 5.41) is 5.58. The Hall–Kier alpha value is -2.58. The molecule has 0 radical (unpaired) electrons. The summed E-state index contributed by atoms with van der Waals surface area (Å²) in [5.41, 5.74) is 1.74. The Morgan fingerprint density at radius 1 is 1.23 bits per heavy atom. The van der Waals surface area contributed by atoms with Gasteiger partial charge in [-0.15, -0.1) is 0 Å². The van der Waals surface area contributed by atoms with Gasteiger partial charge in [0.2, 0.25) is 0 Å². The van der Waals surface area contributed by atoms with Crippen LogP contribution < -0.4 is 15.4 Å². The number of urea groups is 1. The van der Waals surface area contributed by atoms with Gasteiger partial charge in [0.15, 0.2) is 0 Å². The number of amides is 2. The molecule has 8 nitrogen and oxygen atoms in total. The van der Waals surface area contributed by atoms with Crippen LogP contribution >= 0.6 is 0 Å². The molecule has 1 aromatic carbocycles. The van der Waals surface area contributed by atoms with Crippen molar-refractivity contribution in [3.05, 3.63) is 41.1 Å². The number of hydrogen-bond donors (Lipinski definition) is 2. The van der Waals surface area contributed by atoms with Gasteiger partial charge >= 0.3 is 12.0 Å². The van der Waals surface area contributed by atoms with Crippen LogP contribution in [0.25, 0.3) is 0 Å². The molecule has 0 bridgehead atoms. The first-order valence-electron chi connectivity index (χ1n) is 8.45. The molecule has 2 heterocycles. The van der Waals surface area contributed by atoms with Crippen molar-refractivity contribution in [2.24, 2.45) is 0 Å². The van der Waals surface area contributed by atoms with Crippen molar-refractivity contribution in [1.82, 2.24) is 15.5 Å². The van der Waals surface area contributed by atoms with Crippen molar-refractivity contribution in [2.45, 2.75) is 6.04 Å². The Bertz CT molecular complexity index is 695. The lowest BCUT2D eigenvalue weighted by molar-refractivity contribution is -0.136. The highest BCUT2D eigenvalue weighted by Crippen LogP contribution is 2.29. The largest absolute Gasteiger partial charge is 0.497 e. The molecule has 0 aromatic heterocycles. The third kappa shape index (κ3) is 3.97. The SMILES string of the molecule is COC(=O)C1=C(CN2CCOCC2)NC(=O)N[C@H]1c1ccc(OC)cc1. The highest BCUT2D eigenvalue weighted by molar-refractivity contribution is 5.95. The lowest BCUT2D eigenvalue weighted by Crippen LogP contribution is -2.49. The lowest BCUT2D eigenvalue weighted by atomic mass is 9.95. The van der Waals surface area contributed by atoms with E-state index in [1.807, 2.05) is 12.1 Å². The van der Waals surface area contributed by atoms with Crippen molar-refractivity contribution < 1.29 is 23.8 Å². The van der Waals surface area contributed by atoms with E-state index in [1.165, 1.54) is 7.11 Å². The maximum absolute atomic E-state index is 12.5. The number of hydrogen-bond acceptors (Lipinski definition) is 6. The summed E-state index contributed by atoms with van der Waals surface area (Å²) in [5.74, 6) is 0.229. The molecular formula is C18H23N3O5. The Kier molecular flexibility index (Phi) is 5.75. The second-order valence-electron chi connectivity index (χ2n) is 6.08. The van der Waals surface area contributed by atoms with Gasteiger partial charge in [-0.1, -0.05) is 12.1 Å². The molecule has 0 spiro atoms. The Labute approximate surface area is 152 Å². The number of rotatable bonds is 5. The van der Waals surface area contributed by atoms with Crippen molar-refractivity contribution >= 4 is 12.0 Å². The Morgan fingerprint density at radius 3 is 2.54 bits per heavy atom. The summed E-state index contributed by atoms with van der Waals surface area (Å²) in [6, 6.07) is 6.30. The van der Waals surface area contributed by atoms with Gasteiger partial charge in [0.05, 0.1) is 39.0 Å². The monoisotopic (exact) mass is 361 g/mol. The number of nitrogens with one attached hydrogen (secondary N) is 2. The fraction of sp³-hybridized carbons (Fsp3) is 0.444. The Balaban J connectivity index is 1.95. The summed E-state index contributed by atoms with van der Waals surface area (Å²) in [7, 11) is 2.92. The molecule has 1 atom stereocenters. The minimum Gasteiger partial charge on any atom is -0.497 e. The van der Waals surface area contributed by atoms with Crippen LogP contribution in [-0.2, 0) is 14.3 Å². The third-order valence-electron chi connectivity index (χ3n) is 4.49. The average molecular weight is 361 g/mol. The summed E-state index contributed by atoms with van der Waals surface area (Å²) in [4.78, 5) is 26.8. The normalized spacial score (nSPS) is 21.0. The van der Waals surface area contributed by atoms with Gasteiger partial charge in [0.1, 0.15) is 5.75 Å². The van der Waals surface area contributed by atoms with E-state index in [-0.39, 0.29) is 6.03 Å². The molecule has 0 unspecified atom stereocenters. The number of carbonyl (C=O) groups excluding carboxylic acids is 2. The third-order valence-corrected chi connectivity index (χ3v) is 4.49. The zero-order valence-electron chi connectivity index (χ0n) is 14.9. The number of carbonyl (C=O) groups is 2. The summed E-state index contributed by atoms with van der Waals surface area (Å²) in [6.07, 6.45) is 0. The zero-order chi connectivity index (χ0) is 18.5. The molecule has 2 N–H and O–H groups in total. The number of esters is 1. The van der Waals surface area contributed by atoms with E-state index in [0.29, 0.717) is 36.8 Å². The van der Waals surface area contributed by atoms with Crippen LogP contribution in [0.3, 0.4) is 0 Å². The molecule has 2 aliphatic rings. The standard InChI is InChI=1S/C18H23N3O5/c1-24-13-5-3-12(4-6-13)16-15(17(22)25-2)14(19-18(23)20-16)11-21-7-9-26-10-8-21/h3-6,16H,7-11H2,1-2H3,(H2,19,20,23)/t16-/m0/s1. The van der Waals surface area contributed by atoms with E-state index in [9.17, 15) is 9.59 Å². The van der Waals surface area contributed by atoms with E-state index in [0.717, 1.165) is 18.7 Å². The van der Waals surface area contributed by atoms with Gasteiger partial charge in [-0.3, -0.25) is 4.90 Å². The Morgan fingerprint density at radius 2 is 1.92 bits per heavy atom. The minimum absolute atomic E-state index is 0.346. The highest BCUT2D eigenvalue weighted by atomic mass is 16.5. The average Bonchev–Trinajstić information content (AvgIpc) is 2.68. The molecule has 3 rings (SSSR count). The predicted molar refractivity (Wildman–Crippen MR) is 93.7 cm³/mol. The molecule has 0 saturated carbocycles. The summed E-state index contributed by atoms with van der Waals surface area (Å²) >= 11 is 0. The summed E-state index contributed by atoms with van der Waals surface area (Å²) in [6.45, 7) is 3.21. The highest BCUT2D eigenvalue weighted by Gasteiger charge is 2.34. The molecule has 26 heavy (non-hydrogen) atoms. The van der Waals surface area contributed by atoms with E-state index in [1.54, 1.807) is 19.2 Å². The molecule has 2 amide bonds. The van der Waals surface area contributed by atoms with Crippen LogP contribution in [0.1, 0.15) is 11.6 Å². The second-order valence-corrected chi connectivity index (χ2v) is 6.08. The molecule has 1 fully saturated rings. The minimum atomic E-state index is -0.585. The number of methoxy groups -OCH3 is 2. The number of ether oxygens (including phenoxy) is 3. The van der Waals surface area contributed by atoms with Gasteiger partial charge in [-0.2, -0.15) is 0 Å². The fourth-order valence-corrected chi connectivity index (χ4v) is 3.12. The predicted octanol–water partition coefficient (Wildman–Crippen LogP) is 0.808. The molecule has 1 aromatic rings. The molecule has 0 aliphatic carbocycles. The van der Waals surface area contributed by atoms with Gasteiger partial charge in [0, 0.05) is 25.3 Å². The first-order chi connectivity index (χ1) is 12.6. The van der Waals surface area contributed by atoms with Crippen LogP contribution in [0.15, 0.2) is 35.5 Å². The van der Waals surface area contributed by atoms with Crippen LogP contribution in [0, 0.1) is 0 Å². The van der Waals surface area contributed by atoms with E-state index < -0.39 is 12.0 Å². The van der Waals surface area contributed by atoms with E-state index in [2.05, 4.69) is 15.5 Å². The van der Waals surface area contributed by atoms with Gasteiger partial charge < -0.3 is 24.8 Å². The molecule has 2 aliphatic heterocycles. The van der Waals surface area contributed by atoms with Crippen molar-refractivity contribution in [3.8, 4) is 5.75 Å². The maximum atomic E-state index is 12.5. The van der Waals surface area contributed by atoms with Gasteiger partial charge in [-0.25, -0.2) is 9.59 Å². The number of benzene rings is 1. The number of morpholine rings is 1. The fourth-order valence-electron chi connectivity index (χ4n) is 3.12. The smallest absolute Gasteiger partial charge is 0.338 e. The topological polar surface area (TPSA) is 89.1 Å². The van der Waals surface area contributed by atoms with Crippen LogP contribution in [0.4, 0.5) is 4.79 Å². The van der Waals surface area contributed by atoms with Gasteiger partial charge in [0.25, 0.3) is 0 Å².